The molecule has 0 spiro atoms. The van der Waals surface area contributed by atoms with Crippen LogP contribution in [0.25, 0.3) is 0 Å². The number of hydrogen-bond acceptors (Lipinski definition) is 31. The SMILES string of the molecule is COc1ccc(C(=O)O[C@H]2[C@H](O[C@@H]3[C@@H](OC(C)=O)[C@H](O[C@H]4C[C@H]5[C@@H]6CC=C7C[C@@H](O[C@@H]8O[C@H](CO[C@@H]9O[C@H](CO[C@@H]%10O[C@H](CO)[C@@H](O)[C@H](O)[C@H]%10O)[C@@H](O)[C@H](O)[C@H]9O)[C@@H](O)[C@H](O)[C@H]8O)CC[C@]7(C)[C@H]6CC[C@]5(C)[C@@]4(O)[C@H](C)C(=O)CCC(C)C)OC[C@@H]3O)OC[C@@H](O)[C@@H]2O)cc1OC. The van der Waals surface area contributed by atoms with Crippen molar-refractivity contribution in [3.05, 3.63) is 35.4 Å². The van der Waals surface area contributed by atoms with Gasteiger partial charge in [-0.3, -0.25) is 9.59 Å². The van der Waals surface area contributed by atoms with Crippen molar-refractivity contribution in [1.82, 2.24) is 0 Å². The Bertz CT molecular complexity index is 2870. The highest BCUT2D eigenvalue weighted by atomic mass is 16.8. The summed E-state index contributed by atoms with van der Waals surface area (Å²) >= 11 is 0. The Labute approximate surface area is 561 Å². The second kappa shape index (κ2) is 31.0. The lowest BCUT2D eigenvalue weighted by Gasteiger charge is -2.59. The molecule has 5 heterocycles. The lowest BCUT2D eigenvalue weighted by atomic mass is 9.46. The minimum Gasteiger partial charge on any atom is -0.493 e. The first-order chi connectivity index (χ1) is 45.9. The van der Waals surface area contributed by atoms with E-state index in [-0.39, 0.29) is 53.6 Å². The first-order valence-electron chi connectivity index (χ1n) is 33.6. The predicted octanol–water partition coefficient (Wildman–Crippen LogP) is -2.49. The number of benzene rings is 1. The number of rotatable bonds is 23. The molecule has 5 aliphatic heterocycles. The molecule has 14 N–H and O–H groups in total. The quantitative estimate of drug-likeness (QED) is 0.0398. The summed E-state index contributed by atoms with van der Waals surface area (Å²) in [5, 5.41) is 154. The second-order valence-electron chi connectivity index (χ2n) is 28.6. The maximum absolute atomic E-state index is 14.5. The number of aliphatic hydroxyl groups excluding tert-OH is 13. The van der Waals surface area contributed by atoms with Gasteiger partial charge in [0, 0.05) is 24.7 Å². The van der Waals surface area contributed by atoms with Gasteiger partial charge in [-0.05, 0) is 98.7 Å². The largest absolute Gasteiger partial charge is 0.493 e. The Balaban J connectivity index is 0.829. The Morgan fingerprint density at radius 2 is 1.20 bits per heavy atom. The van der Waals surface area contributed by atoms with Crippen LogP contribution in [0.1, 0.15) is 110 Å². The summed E-state index contributed by atoms with van der Waals surface area (Å²) in [4.78, 5) is 41.3. The standard InChI is InChI=1S/C66H100O31/c1-27(2)9-13-36(69)28(3)66(83)44(95-63-57(90-29(4)68)55(38(71)24-87-63)97-62-56(45(72)37(70)23-86-62)96-58(82)30-10-14-39(84-7)40(19-30)85-8)21-35-33-12-11-31-20-32(15-17-64(31,5)34(33)16-18-65(35,66)6)91-61-54(81)51(78)48(75)43(94-61)26-89-60-53(80)50(77)47(74)42(93-60)25-88-59-52(79)49(76)46(73)41(22-67)92-59/h10-11,14,19,27-28,32-35,37-38,41-57,59-63,67,70-81,83H,9,12-13,15-18,20-26H2,1-8H3/t28-,32+,33-,34+,35+,37-,38+,41-,42-,43-,44+,45+,46-,47-,48-,49+,50+,51+,52-,53-,54-,55+,56-,57-,59-,60-,61-,62+,63+,64+,65+,66-/m1/s1. The van der Waals surface area contributed by atoms with Crippen LogP contribution in [0.5, 0.6) is 11.5 Å². The van der Waals surface area contributed by atoms with E-state index in [1.807, 2.05) is 20.8 Å². The molecule has 31 heteroatoms. The molecule has 4 aliphatic carbocycles. The van der Waals surface area contributed by atoms with Gasteiger partial charge in [-0.2, -0.15) is 0 Å². The molecule has 1 aromatic carbocycles. The summed E-state index contributed by atoms with van der Waals surface area (Å²) in [6, 6.07) is 4.21. The summed E-state index contributed by atoms with van der Waals surface area (Å²) in [5.74, 6) is -2.59. The molecule has 31 nitrogen and oxygen atoms in total. The fraction of sp³-hybridized carbons (Fsp3) is 0.833. The zero-order chi connectivity index (χ0) is 70.5. The smallest absolute Gasteiger partial charge is 0.338 e. The Morgan fingerprint density at radius 1 is 0.619 bits per heavy atom. The molecule has 10 rings (SSSR count). The van der Waals surface area contributed by atoms with Crippen molar-refractivity contribution in [1.29, 1.82) is 0 Å². The molecule has 3 saturated carbocycles. The van der Waals surface area contributed by atoms with Gasteiger partial charge in [-0.1, -0.05) is 46.3 Å². The molecular formula is C66H100O31. The lowest BCUT2D eigenvalue weighted by Crippen LogP contribution is -2.64. The topological polar surface area (TPSA) is 464 Å². The maximum atomic E-state index is 14.5. The van der Waals surface area contributed by atoms with Crippen molar-refractivity contribution in [2.45, 2.75) is 258 Å². The van der Waals surface area contributed by atoms with Crippen LogP contribution in [0.4, 0.5) is 0 Å². The molecule has 0 radical (unpaired) electrons. The number of methoxy groups -OCH3 is 2. The normalized spacial score (nSPS) is 45.6. The van der Waals surface area contributed by atoms with Crippen LogP contribution in [-0.4, -0.2) is 296 Å². The van der Waals surface area contributed by atoms with Gasteiger partial charge in [0.05, 0.1) is 65.0 Å². The first kappa shape index (κ1) is 75.9. The van der Waals surface area contributed by atoms with Crippen LogP contribution in [0, 0.1) is 40.4 Å². The molecule has 550 valence electrons. The Hall–Kier alpha value is -3.79. The van der Waals surface area contributed by atoms with E-state index in [1.165, 1.54) is 32.4 Å². The van der Waals surface area contributed by atoms with Gasteiger partial charge in [0.1, 0.15) is 109 Å². The highest BCUT2D eigenvalue weighted by molar-refractivity contribution is 5.90. The molecule has 1 aromatic rings. The molecule has 32 atom stereocenters. The summed E-state index contributed by atoms with van der Waals surface area (Å²) in [7, 11) is 2.79. The summed E-state index contributed by atoms with van der Waals surface area (Å²) in [6.45, 7) is 8.09. The van der Waals surface area contributed by atoms with Crippen LogP contribution < -0.4 is 9.47 Å². The molecular weight excluding hydrogens is 1290 g/mol. The summed E-state index contributed by atoms with van der Waals surface area (Å²) in [6.07, 6.45) is -33.6. The molecule has 97 heavy (non-hydrogen) atoms. The van der Waals surface area contributed by atoms with Gasteiger partial charge in [0.25, 0.3) is 0 Å². The van der Waals surface area contributed by atoms with E-state index in [4.69, 9.17) is 66.3 Å². The fourth-order valence-corrected chi connectivity index (χ4v) is 16.6. The van der Waals surface area contributed by atoms with Gasteiger partial charge in [-0.25, -0.2) is 4.79 Å². The molecule has 8 fully saturated rings. The van der Waals surface area contributed by atoms with E-state index in [0.717, 1.165) is 12.5 Å². The van der Waals surface area contributed by atoms with Crippen molar-refractivity contribution in [2.75, 3.05) is 47.3 Å². The Kier molecular flexibility index (Phi) is 24.3. The molecule has 0 bridgehead atoms. The number of Topliss-reactive ketones (excluding diaryl/α,β-unsaturated/α-hetero) is 1. The first-order valence-corrected chi connectivity index (χ1v) is 33.6. The molecule has 0 unspecified atom stereocenters. The number of aliphatic hydroxyl groups is 14. The van der Waals surface area contributed by atoms with E-state index in [2.05, 4.69) is 13.0 Å². The van der Waals surface area contributed by atoms with Crippen LogP contribution in [-0.2, 0) is 66.4 Å². The van der Waals surface area contributed by atoms with Crippen LogP contribution in [0.2, 0.25) is 0 Å². The third-order valence-electron chi connectivity index (χ3n) is 22.4. The van der Waals surface area contributed by atoms with E-state index in [1.54, 1.807) is 6.92 Å². The van der Waals surface area contributed by atoms with Gasteiger partial charge in [0.15, 0.2) is 55.2 Å². The predicted molar refractivity (Wildman–Crippen MR) is 326 cm³/mol. The van der Waals surface area contributed by atoms with Gasteiger partial charge in [-0.15, -0.1) is 0 Å². The second-order valence-corrected chi connectivity index (χ2v) is 28.6. The molecule has 0 amide bonds. The number of ketones is 1. The summed E-state index contributed by atoms with van der Waals surface area (Å²) < 4.78 is 82.5. The van der Waals surface area contributed by atoms with Crippen molar-refractivity contribution in [3.8, 4) is 11.5 Å². The van der Waals surface area contributed by atoms with Gasteiger partial charge < -0.3 is 138 Å². The average molecular weight is 1390 g/mol. The third kappa shape index (κ3) is 14.9. The number of esters is 2. The van der Waals surface area contributed by atoms with Crippen molar-refractivity contribution >= 4 is 17.7 Å². The van der Waals surface area contributed by atoms with Crippen LogP contribution in [0.15, 0.2) is 29.8 Å². The number of ether oxygens (including phenoxy) is 14. The lowest BCUT2D eigenvalue weighted by molar-refractivity contribution is -0.345. The van der Waals surface area contributed by atoms with Gasteiger partial charge >= 0.3 is 11.9 Å². The van der Waals surface area contributed by atoms with Crippen LogP contribution in [0.3, 0.4) is 0 Å². The average Bonchev–Trinajstić information content (AvgIpc) is 1.57. The third-order valence-corrected chi connectivity index (χ3v) is 22.4. The number of carbonyl (C=O) groups is 3. The van der Waals surface area contributed by atoms with E-state index < -0.39 is 221 Å². The number of hydrogen-bond donors (Lipinski definition) is 14. The van der Waals surface area contributed by atoms with Gasteiger partial charge in [0.2, 0.25) is 0 Å². The highest BCUT2D eigenvalue weighted by Gasteiger charge is 2.71. The summed E-state index contributed by atoms with van der Waals surface area (Å²) in [5.41, 5.74) is -2.17. The zero-order valence-electron chi connectivity index (χ0n) is 55.7. The fourth-order valence-electron chi connectivity index (χ4n) is 16.6. The molecule has 5 saturated heterocycles. The maximum Gasteiger partial charge on any atom is 0.338 e. The van der Waals surface area contributed by atoms with E-state index >= 15 is 0 Å². The Morgan fingerprint density at radius 3 is 1.79 bits per heavy atom. The highest BCUT2D eigenvalue weighted by Crippen LogP contribution is 2.69. The van der Waals surface area contributed by atoms with Crippen molar-refractivity contribution in [2.24, 2.45) is 40.4 Å². The monoisotopic (exact) mass is 1390 g/mol. The number of allylic oxidation sites excluding steroid dienone is 1. The molecule has 0 aromatic heterocycles. The minimum atomic E-state index is -1.89. The number of carbonyl (C=O) groups excluding carboxylic acids is 3. The van der Waals surface area contributed by atoms with E-state index in [0.29, 0.717) is 50.7 Å². The van der Waals surface area contributed by atoms with Crippen molar-refractivity contribution in [3.63, 3.8) is 0 Å². The van der Waals surface area contributed by atoms with E-state index in [9.17, 15) is 85.9 Å². The zero-order valence-corrected chi connectivity index (χ0v) is 55.7. The number of fused-ring (bicyclic) bond motifs is 5. The minimum absolute atomic E-state index is 0.0253. The van der Waals surface area contributed by atoms with Crippen LogP contribution >= 0.6 is 0 Å². The molecule has 9 aliphatic rings. The van der Waals surface area contributed by atoms with Crippen molar-refractivity contribution < 1.29 is 152 Å².